The van der Waals surface area contributed by atoms with E-state index in [0.29, 0.717) is 30.4 Å². The molecule has 3 fully saturated rings. The molecule has 2 aliphatic heterocycles. The van der Waals surface area contributed by atoms with Crippen LogP contribution < -0.4 is 24.8 Å². The molecule has 0 unspecified atom stereocenters. The molecule has 0 spiro atoms. The highest BCUT2D eigenvalue weighted by molar-refractivity contribution is 7.91. The van der Waals surface area contributed by atoms with Crippen LogP contribution in [0.5, 0.6) is 11.6 Å². The van der Waals surface area contributed by atoms with Crippen LogP contribution in [0, 0.1) is 17.8 Å². The number of methoxy groups -OCH3 is 1. The zero-order valence-electron chi connectivity index (χ0n) is 28.8. The molecule has 4 aliphatic rings. The fourth-order valence-corrected chi connectivity index (χ4v) is 8.86. The second kappa shape index (κ2) is 13.9. The van der Waals surface area contributed by atoms with Crippen LogP contribution in [0.2, 0.25) is 0 Å². The Balaban J connectivity index is 1.34. The van der Waals surface area contributed by atoms with Crippen LogP contribution in [0.3, 0.4) is 0 Å². The van der Waals surface area contributed by atoms with E-state index in [4.69, 9.17) is 9.47 Å². The molecule has 1 saturated heterocycles. The quantitative estimate of drug-likeness (QED) is 0.294. The van der Waals surface area contributed by atoms with Crippen molar-refractivity contribution in [3.05, 3.63) is 42.6 Å². The summed E-state index contributed by atoms with van der Waals surface area (Å²) in [6.45, 7) is 2.55. The lowest BCUT2D eigenvalue weighted by Gasteiger charge is -2.32. The molecule has 276 valence electrons. The fraction of sp³-hybridized carbons (Fsp3) is 0.571. The van der Waals surface area contributed by atoms with Crippen molar-refractivity contribution in [1.82, 2.24) is 25.2 Å². The van der Waals surface area contributed by atoms with Crippen LogP contribution in [0.25, 0.3) is 10.8 Å². The number of benzene rings is 1. The number of carbonyl (C=O) groups excluding carboxylic acids is 3. The van der Waals surface area contributed by atoms with Crippen LogP contribution >= 0.6 is 0 Å². The zero-order valence-corrected chi connectivity index (χ0v) is 29.6. The molecule has 14 nitrogen and oxygen atoms in total. The Morgan fingerprint density at radius 3 is 2.55 bits per heavy atom. The lowest BCUT2D eigenvalue weighted by molar-refractivity contribution is -0.142. The lowest BCUT2D eigenvalue weighted by Crippen LogP contribution is -2.59. The van der Waals surface area contributed by atoms with Crippen molar-refractivity contribution in [3.8, 4) is 11.6 Å². The van der Waals surface area contributed by atoms with E-state index in [-0.39, 0.29) is 44.0 Å². The average Bonchev–Trinajstić information content (AvgIpc) is 4.00. The van der Waals surface area contributed by atoms with Gasteiger partial charge in [-0.15, -0.1) is 0 Å². The highest BCUT2D eigenvalue weighted by Gasteiger charge is 2.64. The Bertz CT molecular complexity index is 1850. The summed E-state index contributed by atoms with van der Waals surface area (Å²) in [6.07, 6.45) is 5.03. The minimum absolute atomic E-state index is 0.0361. The number of halogens is 1. The molecule has 51 heavy (non-hydrogen) atoms. The van der Waals surface area contributed by atoms with Crippen LogP contribution in [0.1, 0.15) is 58.8 Å². The van der Waals surface area contributed by atoms with Gasteiger partial charge in [-0.3, -0.25) is 19.1 Å². The molecule has 2 aliphatic carbocycles. The molecule has 2 saturated carbocycles. The zero-order chi connectivity index (χ0) is 36.7. The van der Waals surface area contributed by atoms with E-state index in [1.807, 2.05) is 25.1 Å². The molecule has 16 heteroatoms. The van der Waals surface area contributed by atoms with Gasteiger partial charge in [-0.05, 0) is 56.4 Å². The molecule has 1 aromatic carbocycles. The summed E-state index contributed by atoms with van der Waals surface area (Å²) >= 11 is 0. The number of aromatic nitrogens is 1. The smallest absolute Gasteiger partial charge is 0.405 e. The number of rotatable bonds is 8. The van der Waals surface area contributed by atoms with Gasteiger partial charge in [-0.1, -0.05) is 44.2 Å². The predicted octanol–water partition coefficient (Wildman–Crippen LogP) is 3.06. The summed E-state index contributed by atoms with van der Waals surface area (Å²) < 4.78 is 52.1. The highest BCUT2D eigenvalue weighted by Crippen LogP contribution is 2.48. The topological polar surface area (TPSA) is 193 Å². The van der Waals surface area contributed by atoms with Gasteiger partial charge in [-0.25, -0.2) is 22.6 Å². The molecular weight excluding hydrogens is 685 g/mol. The molecule has 4 N–H and O–H groups in total. The summed E-state index contributed by atoms with van der Waals surface area (Å²) in [6, 6.07) is 4.88. The van der Waals surface area contributed by atoms with Gasteiger partial charge in [0.2, 0.25) is 27.7 Å². The average molecular weight is 730 g/mol. The van der Waals surface area contributed by atoms with Gasteiger partial charge in [0.25, 0.3) is 5.91 Å². The number of nitrogens with zero attached hydrogens (tertiary/aromatic N) is 2. The van der Waals surface area contributed by atoms with Crippen molar-refractivity contribution in [2.75, 3.05) is 20.3 Å². The van der Waals surface area contributed by atoms with Crippen molar-refractivity contribution < 1.29 is 46.6 Å². The van der Waals surface area contributed by atoms with Crippen molar-refractivity contribution in [2.24, 2.45) is 17.8 Å². The lowest BCUT2D eigenvalue weighted by atomic mass is 9.88. The first-order valence-electron chi connectivity index (χ1n) is 17.2. The monoisotopic (exact) mass is 729 g/mol. The van der Waals surface area contributed by atoms with E-state index in [2.05, 4.69) is 20.3 Å². The first-order valence-corrected chi connectivity index (χ1v) is 18.7. The van der Waals surface area contributed by atoms with Crippen molar-refractivity contribution in [3.63, 3.8) is 0 Å². The van der Waals surface area contributed by atoms with Crippen molar-refractivity contribution >= 4 is 44.6 Å². The normalized spacial score (nSPS) is 30.5. The Labute approximate surface area is 295 Å². The highest BCUT2D eigenvalue weighted by atomic mass is 32.2. The van der Waals surface area contributed by atoms with Gasteiger partial charge in [-0.2, -0.15) is 0 Å². The van der Waals surface area contributed by atoms with E-state index >= 15 is 0 Å². The van der Waals surface area contributed by atoms with Gasteiger partial charge in [0.15, 0.2) is 0 Å². The minimum Gasteiger partial charge on any atom is -0.494 e. The number of hydrogen-bond acceptors (Lipinski definition) is 9. The Kier molecular flexibility index (Phi) is 9.92. The first-order chi connectivity index (χ1) is 24.2. The van der Waals surface area contributed by atoms with Gasteiger partial charge >= 0.3 is 6.09 Å². The summed E-state index contributed by atoms with van der Waals surface area (Å²) in [5.74, 6) is -2.47. The molecule has 0 radical (unpaired) electrons. The van der Waals surface area contributed by atoms with Crippen molar-refractivity contribution in [2.45, 2.75) is 87.3 Å². The molecular formula is C35H44FN5O9S. The molecule has 0 bridgehead atoms. The number of fused-ring (bicyclic) bond motifs is 3. The molecule has 3 heterocycles. The standard InChI is InChI=1S/C35H44FN5O9S/c1-20-8-4-5-9-22-16-35(22,32(44)40-51(47,48)34(19-36)12-13-34)39-29(42)26-15-23(18-41(26)31(43)28(21(2)14-20)38-33(45)46)50-30-25-11-7-6-10-24(25)27(49-3)17-37-30/h5-7,9-11,17,20-23,26,28,38H,4,8,12-16,18-19H2,1-3H3,(H,39,42)(H,40,44)(H,45,46)/t20-,21+,22+,23+,26-,28-,35+/m0/s1. The number of nitrogens with one attached hydrogen (secondary N) is 3. The van der Waals surface area contributed by atoms with Gasteiger partial charge in [0.05, 0.1) is 19.9 Å². The van der Waals surface area contributed by atoms with Crippen LogP contribution in [-0.2, 0) is 24.4 Å². The van der Waals surface area contributed by atoms with E-state index in [1.165, 1.54) is 18.2 Å². The van der Waals surface area contributed by atoms with Crippen LogP contribution in [0.4, 0.5) is 9.18 Å². The van der Waals surface area contributed by atoms with E-state index < -0.39 is 80.8 Å². The number of ether oxygens (including phenoxy) is 2. The Morgan fingerprint density at radius 2 is 1.88 bits per heavy atom. The first kappa shape index (κ1) is 36.3. The molecule has 6 rings (SSSR count). The number of carboxylic acid groups (broad SMARTS) is 1. The Morgan fingerprint density at radius 1 is 1.16 bits per heavy atom. The number of sulfonamides is 1. The minimum atomic E-state index is -4.38. The maximum atomic E-state index is 14.3. The van der Waals surface area contributed by atoms with Gasteiger partial charge in [0.1, 0.15) is 40.9 Å². The molecule has 2 aromatic rings. The molecule has 7 atom stereocenters. The number of hydrogen-bond donors (Lipinski definition) is 4. The number of allylic oxidation sites excluding steroid dienone is 1. The SMILES string of the molecule is COc1cnc(O[C@@H]2C[C@H]3C(=O)N[C@]4(C(=O)NS(=O)(=O)C5(CF)CC5)C[C@H]4C=CCC[C@H](C)C[C@@H](C)[C@H](NC(=O)O)C(=O)N3C2)c2ccccc12. The van der Waals surface area contributed by atoms with Crippen LogP contribution in [0.15, 0.2) is 42.6 Å². The summed E-state index contributed by atoms with van der Waals surface area (Å²) in [5.41, 5.74) is -1.66. The van der Waals surface area contributed by atoms with E-state index in [1.54, 1.807) is 25.1 Å². The predicted molar refractivity (Wildman–Crippen MR) is 183 cm³/mol. The number of pyridine rings is 1. The Hall–Kier alpha value is -4.47. The second-order valence-electron chi connectivity index (χ2n) is 14.4. The van der Waals surface area contributed by atoms with Gasteiger partial charge in [0, 0.05) is 23.1 Å². The van der Waals surface area contributed by atoms with E-state index in [0.717, 1.165) is 5.39 Å². The van der Waals surface area contributed by atoms with Crippen molar-refractivity contribution in [1.29, 1.82) is 0 Å². The third-order valence-electron chi connectivity index (χ3n) is 10.8. The second-order valence-corrected chi connectivity index (χ2v) is 16.5. The van der Waals surface area contributed by atoms with Crippen LogP contribution in [-0.4, -0.2) is 96.0 Å². The molecule has 4 amide bonds. The van der Waals surface area contributed by atoms with Gasteiger partial charge < -0.3 is 30.1 Å². The third kappa shape index (κ3) is 7.06. The molecule has 1 aromatic heterocycles. The van der Waals surface area contributed by atoms with E-state index in [9.17, 15) is 37.1 Å². The summed E-state index contributed by atoms with van der Waals surface area (Å²) in [4.78, 5) is 60.0. The third-order valence-corrected chi connectivity index (χ3v) is 12.9. The largest absolute Gasteiger partial charge is 0.494 e. The summed E-state index contributed by atoms with van der Waals surface area (Å²) in [7, 11) is -2.86. The maximum Gasteiger partial charge on any atom is 0.405 e. The number of alkyl halides is 1. The fourth-order valence-electron chi connectivity index (χ4n) is 7.44. The summed E-state index contributed by atoms with van der Waals surface area (Å²) in [5, 5.41) is 16.2. The number of carbonyl (C=O) groups is 4. The maximum absolute atomic E-state index is 14.3. The number of amides is 4.